The van der Waals surface area contributed by atoms with Crippen LogP contribution in [0.5, 0.6) is 0 Å². The molecule has 0 spiro atoms. The normalized spacial score (nSPS) is 12.3. The summed E-state index contributed by atoms with van der Waals surface area (Å²) in [4.78, 5) is 10.9. The van der Waals surface area contributed by atoms with Crippen molar-refractivity contribution in [2.75, 3.05) is 36.3 Å². The Kier molecular flexibility index (Phi) is 4.86. The first-order chi connectivity index (χ1) is 7.58. The number of anilines is 2. The summed E-state index contributed by atoms with van der Waals surface area (Å²) < 4.78 is 0. The molecule has 0 fully saturated rings. The topological polar surface area (TPSA) is 41.1 Å². The van der Waals surface area contributed by atoms with E-state index >= 15 is 0 Å². The molecule has 1 unspecified atom stereocenters. The molecule has 0 aliphatic heterocycles. The Labute approximate surface area is 102 Å². The molecule has 1 N–H and O–H groups in total. The molecule has 16 heavy (non-hydrogen) atoms. The number of nitrogens with one attached hydrogen (secondary N) is 1. The Bertz CT molecular complexity index is 343. The first kappa shape index (κ1) is 13.1. The van der Waals surface area contributed by atoms with Crippen molar-refractivity contribution in [3.63, 3.8) is 0 Å². The molecule has 0 bridgehead atoms. The van der Waals surface area contributed by atoms with Crippen LogP contribution < -0.4 is 10.2 Å². The Morgan fingerprint density at radius 2 is 2.19 bits per heavy atom. The summed E-state index contributed by atoms with van der Waals surface area (Å²) in [5.74, 6) is 2.74. The molecule has 0 aliphatic carbocycles. The fourth-order valence-corrected chi connectivity index (χ4v) is 2.13. The predicted molar refractivity (Wildman–Crippen MR) is 72.6 cm³/mol. The lowest BCUT2D eigenvalue weighted by molar-refractivity contribution is 0.751. The number of aryl methyl sites for hydroxylation is 1. The van der Waals surface area contributed by atoms with Gasteiger partial charge in [0.05, 0.1) is 0 Å². The van der Waals surface area contributed by atoms with Crippen molar-refractivity contribution < 1.29 is 0 Å². The van der Waals surface area contributed by atoms with Crippen LogP contribution in [-0.2, 0) is 0 Å². The predicted octanol–water partition coefficient (Wildman–Crippen LogP) is 2.01. The van der Waals surface area contributed by atoms with Crippen molar-refractivity contribution in [3.8, 4) is 0 Å². The van der Waals surface area contributed by atoms with Crippen LogP contribution in [0, 0.1) is 6.92 Å². The van der Waals surface area contributed by atoms with E-state index in [-0.39, 0.29) is 0 Å². The van der Waals surface area contributed by atoms with E-state index in [4.69, 9.17) is 0 Å². The maximum atomic E-state index is 4.45. The van der Waals surface area contributed by atoms with Crippen LogP contribution in [0.25, 0.3) is 0 Å². The average Bonchev–Trinajstić information content (AvgIpc) is 2.27. The maximum Gasteiger partial charge on any atom is 0.224 e. The average molecular weight is 240 g/mol. The van der Waals surface area contributed by atoms with Gasteiger partial charge in [-0.15, -0.1) is 0 Å². The minimum atomic E-state index is 0.467. The lowest BCUT2D eigenvalue weighted by Crippen LogP contribution is -2.31. The SMILES string of the molecule is CNc1nc(C)cc(N(C)C(C)CSC)n1. The van der Waals surface area contributed by atoms with Crippen molar-refractivity contribution in [2.45, 2.75) is 19.9 Å². The highest BCUT2D eigenvalue weighted by atomic mass is 32.2. The monoisotopic (exact) mass is 240 g/mol. The third-order valence-corrected chi connectivity index (χ3v) is 3.31. The molecule has 0 amide bonds. The molecular weight excluding hydrogens is 220 g/mol. The van der Waals surface area contributed by atoms with Gasteiger partial charge in [-0.2, -0.15) is 16.7 Å². The van der Waals surface area contributed by atoms with Gasteiger partial charge in [0.2, 0.25) is 5.95 Å². The Morgan fingerprint density at radius 3 is 2.75 bits per heavy atom. The van der Waals surface area contributed by atoms with Gasteiger partial charge in [0.15, 0.2) is 0 Å². The zero-order valence-electron chi connectivity index (χ0n) is 10.6. The molecule has 5 heteroatoms. The zero-order valence-corrected chi connectivity index (χ0v) is 11.4. The van der Waals surface area contributed by atoms with Crippen LogP contribution >= 0.6 is 11.8 Å². The minimum Gasteiger partial charge on any atom is -0.357 e. The molecule has 0 saturated heterocycles. The minimum absolute atomic E-state index is 0.467. The van der Waals surface area contributed by atoms with Gasteiger partial charge in [-0.25, -0.2) is 4.98 Å². The molecule has 1 atom stereocenters. The van der Waals surface area contributed by atoms with Crippen LogP contribution in [0.3, 0.4) is 0 Å². The molecule has 0 saturated carbocycles. The van der Waals surface area contributed by atoms with Crippen LogP contribution in [0.2, 0.25) is 0 Å². The van der Waals surface area contributed by atoms with E-state index in [0.717, 1.165) is 17.3 Å². The number of nitrogens with zero attached hydrogens (tertiary/aromatic N) is 3. The van der Waals surface area contributed by atoms with Gasteiger partial charge in [0.25, 0.3) is 0 Å². The number of aromatic nitrogens is 2. The van der Waals surface area contributed by atoms with Crippen molar-refractivity contribution in [2.24, 2.45) is 0 Å². The Hall–Kier alpha value is -0.970. The van der Waals surface area contributed by atoms with Gasteiger partial charge in [-0.1, -0.05) is 0 Å². The van der Waals surface area contributed by atoms with E-state index in [2.05, 4.69) is 40.4 Å². The fourth-order valence-electron chi connectivity index (χ4n) is 1.42. The summed E-state index contributed by atoms with van der Waals surface area (Å²) in [6.07, 6.45) is 2.12. The summed E-state index contributed by atoms with van der Waals surface area (Å²) in [7, 11) is 3.91. The maximum absolute atomic E-state index is 4.45. The molecule has 1 heterocycles. The number of thioether (sulfide) groups is 1. The van der Waals surface area contributed by atoms with Crippen LogP contribution in [-0.4, -0.2) is 42.1 Å². The van der Waals surface area contributed by atoms with E-state index in [1.165, 1.54) is 0 Å². The van der Waals surface area contributed by atoms with Gasteiger partial charge >= 0.3 is 0 Å². The first-order valence-electron chi connectivity index (χ1n) is 5.33. The largest absolute Gasteiger partial charge is 0.357 e. The van der Waals surface area contributed by atoms with Gasteiger partial charge < -0.3 is 10.2 Å². The second-order valence-corrected chi connectivity index (χ2v) is 4.77. The smallest absolute Gasteiger partial charge is 0.224 e. The van der Waals surface area contributed by atoms with Gasteiger partial charge in [-0.05, 0) is 20.1 Å². The van der Waals surface area contributed by atoms with Crippen LogP contribution in [0.4, 0.5) is 11.8 Å². The second kappa shape index (κ2) is 5.94. The molecule has 1 rings (SSSR count). The molecule has 0 aliphatic rings. The Balaban J connectivity index is 2.89. The number of hydrogen-bond acceptors (Lipinski definition) is 5. The summed E-state index contributed by atoms with van der Waals surface area (Å²) in [6, 6.07) is 2.48. The summed E-state index contributed by atoms with van der Waals surface area (Å²) in [6.45, 7) is 4.19. The van der Waals surface area contributed by atoms with Crippen molar-refractivity contribution in [3.05, 3.63) is 11.8 Å². The van der Waals surface area contributed by atoms with E-state index < -0.39 is 0 Å². The number of hydrogen-bond donors (Lipinski definition) is 1. The molecule has 0 aromatic carbocycles. The molecule has 4 nitrogen and oxygen atoms in total. The summed E-state index contributed by atoms with van der Waals surface area (Å²) in [5, 5.41) is 2.98. The van der Waals surface area contributed by atoms with Crippen molar-refractivity contribution in [1.82, 2.24) is 9.97 Å². The molecule has 1 aromatic heterocycles. The quantitative estimate of drug-likeness (QED) is 0.852. The highest BCUT2D eigenvalue weighted by Gasteiger charge is 2.12. The highest BCUT2D eigenvalue weighted by Crippen LogP contribution is 2.16. The highest BCUT2D eigenvalue weighted by molar-refractivity contribution is 7.98. The van der Waals surface area contributed by atoms with Gasteiger partial charge in [0.1, 0.15) is 5.82 Å². The lowest BCUT2D eigenvalue weighted by Gasteiger charge is -2.25. The van der Waals surface area contributed by atoms with Gasteiger partial charge in [-0.3, -0.25) is 0 Å². The second-order valence-electron chi connectivity index (χ2n) is 3.86. The van der Waals surface area contributed by atoms with E-state index in [9.17, 15) is 0 Å². The molecular formula is C11H20N4S. The molecule has 90 valence electrons. The zero-order chi connectivity index (χ0) is 12.1. The summed E-state index contributed by atoms with van der Waals surface area (Å²) >= 11 is 1.85. The first-order valence-corrected chi connectivity index (χ1v) is 6.73. The molecule has 0 radical (unpaired) electrons. The van der Waals surface area contributed by atoms with Crippen molar-refractivity contribution in [1.29, 1.82) is 0 Å². The third-order valence-electron chi connectivity index (χ3n) is 2.49. The Morgan fingerprint density at radius 1 is 1.50 bits per heavy atom. The van der Waals surface area contributed by atoms with Gasteiger partial charge in [0, 0.05) is 37.7 Å². The number of rotatable bonds is 5. The van der Waals surface area contributed by atoms with E-state index in [1.54, 1.807) is 0 Å². The lowest BCUT2D eigenvalue weighted by atomic mass is 10.3. The van der Waals surface area contributed by atoms with Crippen LogP contribution in [0.1, 0.15) is 12.6 Å². The van der Waals surface area contributed by atoms with Crippen molar-refractivity contribution >= 4 is 23.5 Å². The molecule has 1 aromatic rings. The van der Waals surface area contributed by atoms with E-state index in [1.807, 2.05) is 31.8 Å². The third kappa shape index (κ3) is 3.27. The standard InChI is InChI=1S/C11H20N4S/c1-8-6-10(14-11(12-3)13-8)15(4)9(2)7-16-5/h6,9H,7H2,1-5H3,(H,12,13,14). The van der Waals surface area contributed by atoms with E-state index in [0.29, 0.717) is 12.0 Å². The van der Waals surface area contributed by atoms with Crippen LogP contribution in [0.15, 0.2) is 6.07 Å². The fraction of sp³-hybridized carbons (Fsp3) is 0.636. The summed E-state index contributed by atoms with van der Waals surface area (Å²) in [5.41, 5.74) is 0.984.